The van der Waals surface area contributed by atoms with E-state index < -0.39 is 11.2 Å². The van der Waals surface area contributed by atoms with Gasteiger partial charge in [0.25, 0.3) is 5.56 Å². The van der Waals surface area contributed by atoms with E-state index in [1.165, 1.54) is 11.1 Å². The molecule has 4 rings (SSSR count). The van der Waals surface area contributed by atoms with Crippen LogP contribution in [0.25, 0.3) is 22.6 Å². The van der Waals surface area contributed by atoms with Crippen LogP contribution in [0.5, 0.6) is 0 Å². The minimum atomic E-state index is -0.633. The summed E-state index contributed by atoms with van der Waals surface area (Å²) in [5.41, 5.74) is 6.16. The highest BCUT2D eigenvalue weighted by molar-refractivity contribution is 5.81. The number of aromatic amines is 1. The first-order valence-corrected chi connectivity index (χ1v) is 10.9. The Hall–Kier alpha value is -3.02. The van der Waals surface area contributed by atoms with Crippen LogP contribution in [0.1, 0.15) is 57.6 Å². The Morgan fingerprint density at radius 2 is 1.77 bits per heavy atom. The summed E-state index contributed by atoms with van der Waals surface area (Å²) < 4.78 is 1.99. The van der Waals surface area contributed by atoms with Crippen LogP contribution in [-0.2, 0) is 6.54 Å². The van der Waals surface area contributed by atoms with E-state index in [9.17, 15) is 9.59 Å². The fraction of sp³-hybridized carbons (Fsp3) is 0.440. The second-order valence-electron chi connectivity index (χ2n) is 9.60. The molecular formula is C25H30N4O2. The lowest BCUT2D eigenvalue weighted by Crippen LogP contribution is -2.29. The number of hydrogen-bond acceptors (Lipinski definition) is 4. The van der Waals surface area contributed by atoms with Crippen LogP contribution in [0.15, 0.2) is 45.0 Å². The summed E-state index contributed by atoms with van der Waals surface area (Å²) in [5.74, 6) is 0.358. The molecule has 0 aromatic heterocycles. The van der Waals surface area contributed by atoms with E-state index >= 15 is 0 Å². The Morgan fingerprint density at radius 3 is 2.45 bits per heavy atom. The monoisotopic (exact) mass is 418 g/mol. The SMILES string of the molecule is Cc1cc2nc3c(=O)[nH]c(=O)nc-3n(CCCC3=CC=C(C(C)(C)C)CC3)c2cc1C. The van der Waals surface area contributed by atoms with Gasteiger partial charge in [-0.05, 0) is 68.2 Å². The van der Waals surface area contributed by atoms with Gasteiger partial charge in [0.2, 0.25) is 0 Å². The van der Waals surface area contributed by atoms with E-state index in [0.717, 1.165) is 47.8 Å². The molecule has 162 valence electrons. The third kappa shape index (κ3) is 4.24. The van der Waals surface area contributed by atoms with Crippen molar-refractivity contribution in [1.29, 1.82) is 0 Å². The molecule has 31 heavy (non-hydrogen) atoms. The maximum atomic E-state index is 12.4. The van der Waals surface area contributed by atoms with Crippen molar-refractivity contribution in [3.05, 3.63) is 67.4 Å². The molecule has 1 aliphatic carbocycles. The van der Waals surface area contributed by atoms with Crippen LogP contribution in [0.3, 0.4) is 0 Å². The molecule has 6 nitrogen and oxygen atoms in total. The summed E-state index contributed by atoms with van der Waals surface area (Å²) in [6.45, 7) is 11.5. The van der Waals surface area contributed by atoms with Gasteiger partial charge in [0, 0.05) is 6.54 Å². The van der Waals surface area contributed by atoms with Crippen molar-refractivity contribution in [3.8, 4) is 11.5 Å². The number of nitrogens with zero attached hydrogens (tertiary/aromatic N) is 3. The summed E-state index contributed by atoms with van der Waals surface area (Å²) in [4.78, 5) is 35.2. The third-order valence-electron chi connectivity index (χ3n) is 6.30. The Labute approximate surface area is 182 Å². The molecule has 2 aliphatic heterocycles. The number of hydrogen-bond donors (Lipinski definition) is 1. The molecule has 0 atom stereocenters. The Kier molecular flexibility index (Phi) is 5.42. The zero-order valence-electron chi connectivity index (χ0n) is 19.0. The first-order chi connectivity index (χ1) is 14.6. The van der Waals surface area contributed by atoms with Gasteiger partial charge >= 0.3 is 5.69 Å². The predicted molar refractivity (Wildman–Crippen MR) is 125 cm³/mol. The summed E-state index contributed by atoms with van der Waals surface area (Å²) in [6.07, 6.45) is 8.62. The van der Waals surface area contributed by atoms with Gasteiger partial charge < -0.3 is 4.57 Å². The van der Waals surface area contributed by atoms with Crippen LogP contribution in [-0.4, -0.2) is 19.5 Å². The predicted octanol–water partition coefficient (Wildman–Crippen LogP) is 4.67. The minimum Gasteiger partial charge on any atom is -0.322 e. The number of benzene rings is 1. The van der Waals surface area contributed by atoms with Crippen LogP contribution < -0.4 is 11.2 Å². The number of H-pyrrole nitrogens is 1. The number of aromatic nitrogens is 4. The van der Waals surface area contributed by atoms with Gasteiger partial charge in [-0.2, -0.15) is 4.98 Å². The lowest BCUT2D eigenvalue weighted by atomic mass is 9.80. The van der Waals surface area contributed by atoms with Gasteiger partial charge in [-0.25, -0.2) is 9.78 Å². The molecule has 0 saturated carbocycles. The lowest BCUT2D eigenvalue weighted by molar-refractivity contribution is 0.477. The second kappa shape index (κ2) is 7.91. The van der Waals surface area contributed by atoms with E-state index in [0.29, 0.717) is 12.4 Å². The first-order valence-electron chi connectivity index (χ1n) is 10.9. The highest BCUT2D eigenvalue weighted by Crippen LogP contribution is 2.34. The highest BCUT2D eigenvalue weighted by atomic mass is 16.2. The number of rotatable bonds is 4. The summed E-state index contributed by atoms with van der Waals surface area (Å²) in [7, 11) is 0. The summed E-state index contributed by atoms with van der Waals surface area (Å²) >= 11 is 0. The van der Waals surface area contributed by atoms with E-state index in [4.69, 9.17) is 0 Å². The molecule has 0 radical (unpaired) electrons. The largest absolute Gasteiger partial charge is 0.349 e. The van der Waals surface area contributed by atoms with Crippen LogP contribution >= 0.6 is 0 Å². The Morgan fingerprint density at radius 1 is 1.03 bits per heavy atom. The molecule has 6 heteroatoms. The maximum Gasteiger partial charge on any atom is 0.349 e. The van der Waals surface area contributed by atoms with Gasteiger partial charge in [0.1, 0.15) is 0 Å². The number of fused-ring (bicyclic) bond motifs is 2. The van der Waals surface area contributed by atoms with Crippen molar-refractivity contribution in [2.24, 2.45) is 5.41 Å². The summed E-state index contributed by atoms with van der Waals surface area (Å²) in [6, 6.07) is 4.07. The molecule has 0 fully saturated rings. The lowest BCUT2D eigenvalue weighted by Gasteiger charge is -2.26. The molecule has 0 saturated heterocycles. The minimum absolute atomic E-state index is 0.213. The van der Waals surface area contributed by atoms with Gasteiger partial charge in [-0.1, -0.05) is 44.1 Å². The maximum absolute atomic E-state index is 12.4. The molecule has 1 aromatic carbocycles. The zero-order chi connectivity index (χ0) is 22.3. The molecule has 3 aliphatic rings. The quantitative estimate of drug-likeness (QED) is 0.624. The number of nitrogens with one attached hydrogen (secondary N) is 1. The van der Waals surface area contributed by atoms with Gasteiger partial charge in [-0.15, -0.1) is 0 Å². The highest BCUT2D eigenvalue weighted by Gasteiger charge is 2.20. The van der Waals surface area contributed by atoms with Crippen molar-refractivity contribution < 1.29 is 0 Å². The third-order valence-corrected chi connectivity index (χ3v) is 6.30. The van der Waals surface area contributed by atoms with Gasteiger partial charge in [-0.3, -0.25) is 9.78 Å². The first kappa shape index (κ1) is 21.2. The molecule has 0 spiro atoms. The van der Waals surface area contributed by atoms with Gasteiger partial charge in [0.15, 0.2) is 11.5 Å². The van der Waals surface area contributed by atoms with Crippen molar-refractivity contribution in [1.82, 2.24) is 19.5 Å². The van der Waals surface area contributed by atoms with Crippen LogP contribution in [0.2, 0.25) is 0 Å². The van der Waals surface area contributed by atoms with Crippen molar-refractivity contribution in [2.45, 2.75) is 66.8 Å². The van der Waals surface area contributed by atoms with Crippen molar-refractivity contribution in [2.75, 3.05) is 0 Å². The summed E-state index contributed by atoms with van der Waals surface area (Å²) in [5, 5.41) is 0. The molecular weight excluding hydrogens is 388 g/mol. The van der Waals surface area contributed by atoms with E-state index in [-0.39, 0.29) is 11.1 Å². The van der Waals surface area contributed by atoms with E-state index in [1.807, 2.05) is 17.6 Å². The average molecular weight is 419 g/mol. The smallest absolute Gasteiger partial charge is 0.322 e. The normalized spacial score (nSPS) is 14.7. The molecule has 0 unspecified atom stereocenters. The number of aryl methyl sites for hydroxylation is 3. The topological polar surface area (TPSA) is 80.6 Å². The second-order valence-corrected chi connectivity index (χ2v) is 9.60. The van der Waals surface area contributed by atoms with Crippen LogP contribution in [0, 0.1) is 19.3 Å². The van der Waals surface area contributed by atoms with Crippen LogP contribution in [0.4, 0.5) is 0 Å². The standard InChI is InChI=1S/C25H30N4O2/c1-15-13-19-20(14-16(15)2)29(22-21(26-19)23(30)28-24(31)27-22)12-6-7-17-8-10-18(11-9-17)25(3,4)5/h8,10,13-14H,6-7,9,11-12H2,1-5H3,(H,28,30,31). The van der Waals surface area contributed by atoms with E-state index in [2.05, 4.69) is 60.9 Å². The molecule has 2 heterocycles. The van der Waals surface area contributed by atoms with Crippen molar-refractivity contribution >= 4 is 11.0 Å². The molecule has 1 aromatic rings. The fourth-order valence-corrected chi connectivity index (χ4v) is 4.25. The molecule has 0 bridgehead atoms. The Bertz CT molecular complexity index is 1300. The number of allylic oxidation sites excluding steroid dienone is 4. The van der Waals surface area contributed by atoms with E-state index in [1.54, 1.807) is 0 Å². The molecule has 1 N–H and O–H groups in total. The molecule has 0 amide bonds. The van der Waals surface area contributed by atoms with Crippen molar-refractivity contribution in [3.63, 3.8) is 0 Å². The Balaban J connectivity index is 1.68. The van der Waals surface area contributed by atoms with Gasteiger partial charge in [0.05, 0.1) is 11.0 Å². The average Bonchev–Trinajstić information content (AvgIpc) is 2.69. The zero-order valence-corrected chi connectivity index (χ0v) is 19.0. The fourth-order valence-electron chi connectivity index (χ4n) is 4.25.